The number of benzene rings is 1. The van der Waals surface area contributed by atoms with Gasteiger partial charge in [0.1, 0.15) is 6.10 Å². The topological polar surface area (TPSA) is 45.7 Å². The van der Waals surface area contributed by atoms with Crippen molar-refractivity contribution in [2.75, 3.05) is 26.2 Å². The number of hydrogen-bond donors (Lipinski definition) is 0. The molecule has 0 unspecified atom stereocenters. The van der Waals surface area contributed by atoms with E-state index in [1.807, 2.05) is 40.6 Å². The van der Waals surface area contributed by atoms with Gasteiger partial charge in [-0.3, -0.25) is 9.69 Å². The number of amides is 1. The van der Waals surface area contributed by atoms with Gasteiger partial charge in [0.2, 0.25) is 5.91 Å². The molecule has 7 heteroatoms. The van der Waals surface area contributed by atoms with Gasteiger partial charge in [0, 0.05) is 54.9 Å². The smallest absolute Gasteiger partial charge is 0.273 e. The van der Waals surface area contributed by atoms with Gasteiger partial charge >= 0.3 is 0 Å². The molecule has 2 saturated heterocycles. The van der Waals surface area contributed by atoms with E-state index < -0.39 is 0 Å². The number of thiazole rings is 1. The molecule has 0 N–H and O–H groups in total. The summed E-state index contributed by atoms with van der Waals surface area (Å²) in [5, 5.41) is 3.43. The van der Waals surface area contributed by atoms with Crippen LogP contribution in [0.15, 0.2) is 41.9 Å². The van der Waals surface area contributed by atoms with Gasteiger partial charge in [-0.25, -0.2) is 4.98 Å². The molecular formula is C22H26ClN3O2S. The Hall–Kier alpha value is -1.89. The molecule has 2 fully saturated rings. The van der Waals surface area contributed by atoms with Crippen LogP contribution in [0.2, 0.25) is 5.02 Å². The second kappa shape index (κ2) is 9.74. The van der Waals surface area contributed by atoms with E-state index in [-0.39, 0.29) is 12.0 Å². The maximum atomic E-state index is 12.5. The van der Waals surface area contributed by atoms with E-state index in [4.69, 9.17) is 16.3 Å². The van der Waals surface area contributed by atoms with Crippen molar-refractivity contribution >= 4 is 34.9 Å². The van der Waals surface area contributed by atoms with Crippen LogP contribution in [0.5, 0.6) is 5.19 Å². The number of piperidine rings is 2. The molecule has 2 aliphatic heterocycles. The lowest BCUT2D eigenvalue weighted by Gasteiger charge is -2.41. The van der Waals surface area contributed by atoms with Crippen LogP contribution < -0.4 is 4.74 Å². The summed E-state index contributed by atoms with van der Waals surface area (Å²) in [6.45, 7) is 3.77. The minimum atomic E-state index is 0.0916. The normalized spacial score (nSPS) is 19.7. The van der Waals surface area contributed by atoms with Crippen LogP contribution in [0.4, 0.5) is 0 Å². The molecule has 3 heterocycles. The van der Waals surface area contributed by atoms with Gasteiger partial charge in [0.05, 0.1) is 0 Å². The zero-order valence-electron chi connectivity index (χ0n) is 16.4. The number of rotatable bonds is 5. The van der Waals surface area contributed by atoms with Gasteiger partial charge in [0.15, 0.2) is 0 Å². The minimum absolute atomic E-state index is 0.0916. The van der Waals surface area contributed by atoms with Crippen molar-refractivity contribution < 1.29 is 9.53 Å². The van der Waals surface area contributed by atoms with Crippen molar-refractivity contribution in [3.63, 3.8) is 0 Å². The molecular weight excluding hydrogens is 406 g/mol. The molecule has 0 saturated carbocycles. The molecule has 0 bridgehead atoms. The summed E-state index contributed by atoms with van der Waals surface area (Å²) in [6, 6.07) is 8.07. The summed E-state index contributed by atoms with van der Waals surface area (Å²) in [7, 11) is 0. The molecule has 0 spiro atoms. The van der Waals surface area contributed by atoms with Crippen LogP contribution in [0, 0.1) is 0 Å². The third-order valence-corrected chi connectivity index (χ3v) is 6.65. The van der Waals surface area contributed by atoms with Crippen molar-refractivity contribution in [2.24, 2.45) is 0 Å². The molecule has 1 aromatic heterocycles. The summed E-state index contributed by atoms with van der Waals surface area (Å²) in [6.07, 6.45) is 9.76. The fourth-order valence-corrected chi connectivity index (χ4v) is 4.75. The second-order valence-corrected chi connectivity index (χ2v) is 8.89. The number of likely N-dealkylation sites (tertiary alicyclic amines) is 2. The maximum Gasteiger partial charge on any atom is 0.273 e. The SMILES string of the molecule is O=C(/C=C/c1ccc(Cl)cc1)N1CCC(N2CCC(Oc3nccs3)CC2)CC1. The first-order chi connectivity index (χ1) is 14.2. The third kappa shape index (κ3) is 5.59. The van der Waals surface area contributed by atoms with Gasteiger partial charge in [-0.15, -0.1) is 0 Å². The van der Waals surface area contributed by atoms with E-state index in [2.05, 4.69) is 9.88 Å². The zero-order chi connectivity index (χ0) is 20.1. The van der Waals surface area contributed by atoms with E-state index in [0.29, 0.717) is 11.1 Å². The van der Waals surface area contributed by atoms with E-state index in [1.165, 1.54) is 0 Å². The predicted molar refractivity (Wildman–Crippen MR) is 117 cm³/mol. The Labute approximate surface area is 180 Å². The van der Waals surface area contributed by atoms with E-state index in [1.54, 1.807) is 23.6 Å². The van der Waals surface area contributed by atoms with Gasteiger partial charge < -0.3 is 9.64 Å². The number of carbonyl (C=O) groups excluding carboxylic acids is 1. The van der Waals surface area contributed by atoms with Crippen LogP contribution in [0.1, 0.15) is 31.2 Å². The van der Waals surface area contributed by atoms with E-state index >= 15 is 0 Å². The molecule has 1 amide bonds. The van der Waals surface area contributed by atoms with Gasteiger partial charge in [-0.05, 0) is 49.5 Å². The zero-order valence-corrected chi connectivity index (χ0v) is 17.9. The molecule has 1 aromatic carbocycles. The Balaban J connectivity index is 1.20. The molecule has 2 aliphatic rings. The summed E-state index contributed by atoms with van der Waals surface area (Å²) >= 11 is 7.46. The summed E-state index contributed by atoms with van der Waals surface area (Å²) in [5.41, 5.74) is 0.987. The second-order valence-electron chi connectivity index (χ2n) is 7.59. The number of halogens is 1. The highest BCUT2D eigenvalue weighted by atomic mass is 35.5. The van der Waals surface area contributed by atoms with Crippen molar-refractivity contribution in [1.29, 1.82) is 0 Å². The fraction of sp³-hybridized carbons (Fsp3) is 0.455. The molecule has 5 nitrogen and oxygen atoms in total. The van der Waals surface area contributed by atoms with Crippen LogP contribution in [0.3, 0.4) is 0 Å². The van der Waals surface area contributed by atoms with Crippen molar-refractivity contribution in [2.45, 2.75) is 37.8 Å². The first-order valence-corrected chi connectivity index (χ1v) is 11.5. The molecule has 154 valence electrons. The number of nitrogens with zero attached hydrogens (tertiary/aromatic N) is 3. The number of carbonyl (C=O) groups is 1. The van der Waals surface area contributed by atoms with Crippen LogP contribution in [0.25, 0.3) is 6.08 Å². The average Bonchev–Trinajstić information content (AvgIpc) is 3.27. The van der Waals surface area contributed by atoms with Gasteiger partial charge in [-0.1, -0.05) is 35.1 Å². The predicted octanol–water partition coefficient (Wildman–Crippen LogP) is 4.34. The first-order valence-electron chi connectivity index (χ1n) is 10.2. The third-order valence-electron chi connectivity index (χ3n) is 5.73. The fourth-order valence-electron chi connectivity index (χ4n) is 4.07. The Bertz CT molecular complexity index is 809. The van der Waals surface area contributed by atoms with Crippen molar-refractivity contribution in [3.05, 3.63) is 52.5 Å². The molecule has 0 atom stereocenters. The Morgan fingerprint density at radius 3 is 2.48 bits per heavy atom. The van der Waals surface area contributed by atoms with Gasteiger partial charge in [-0.2, -0.15) is 0 Å². The highest BCUT2D eigenvalue weighted by Crippen LogP contribution is 2.25. The standard InChI is InChI=1S/C22H26ClN3O2S/c23-18-4-1-17(2-5-18)3-6-21(27)26-12-7-19(8-13-26)25-14-9-20(10-15-25)28-22-24-11-16-29-22/h1-6,11,16,19-20H,7-10,12-15H2/b6-3+. The minimum Gasteiger partial charge on any atom is -0.467 e. The number of ether oxygens (including phenoxy) is 1. The maximum absolute atomic E-state index is 12.5. The lowest BCUT2D eigenvalue weighted by atomic mass is 9.99. The summed E-state index contributed by atoms with van der Waals surface area (Å²) < 4.78 is 5.96. The van der Waals surface area contributed by atoms with Crippen LogP contribution >= 0.6 is 22.9 Å². The lowest BCUT2D eigenvalue weighted by Crippen LogP contribution is -2.49. The van der Waals surface area contributed by atoms with E-state index in [9.17, 15) is 4.79 Å². The van der Waals surface area contributed by atoms with Crippen LogP contribution in [-0.2, 0) is 4.79 Å². The van der Waals surface area contributed by atoms with Gasteiger partial charge in [0.25, 0.3) is 5.19 Å². The molecule has 4 rings (SSSR count). The first kappa shape index (κ1) is 20.4. The molecule has 0 aliphatic carbocycles. The molecule has 29 heavy (non-hydrogen) atoms. The quantitative estimate of drug-likeness (QED) is 0.660. The summed E-state index contributed by atoms with van der Waals surface area (Å²) in [4.78, 5) is 21.2. The highest BCUT2D eigenvalue weighted by molar-refractivity contribution is 7.11. The van der Waals surface area contributed by atoms with E-state index in [0.717, 1.165) is 62.6 Å². The largest absolute Gasteiger partial charge is 0.467 e. The van der Waals surface area contributed by atoms with Crippen molar-refractivity contribution in [3.8, 4) is 5.19 Å². The Morgan fingerprint density at radius 1 is 1.10 bits per heavy atom. The lowest BCUT2D eigenvalue weighted by molar-refractivity contribution is -0.127. The highest BCUT2D eigenvalue weighted by Gasteiger charge is 2.29. The number of hydrogen-bond acceptors (Lipinski definition) is 5. The molecule has 0 radical (unpaired) electrons. The number of aromatic nitrogens is 1. The average molecular weight is 432 g/mol. The molecule has 2 aromatic rings. The van der Waals surface area contributed by atoms with Crippen LogP contribution in [-0.4, -0.2) is 59.0 Å². The summed E-state index contributed by atoms with van der Waals surface area (Å²) in [5.74, 6) is 0.0916. The Morgan fingerprint density at radius 2 is 1.83 bits per heavy atom. The Kier molecular flexibility index (Phi) is 6.85. The monoisotopic (exact) mass is 431 g/mol. The van der Waals surface area contributed by atoms with Crippen molar-refractivity contribution in [1.82, 2.24) is 14.8 Å².